The Hall–Kier alpha value is -3.61. The summed E-state index contributed by atoms with van der Waals surface area (Å²) in [6.07, 6.45) is 0.485. The molecule has 0 radical (unpaired) electrons. The number of nitrogens with zero attached hydrogens (tertiary/aromatic N) is 1. The van der Waals surface area contributed by atoms with Gasteiger partial charge >= 0.3 is 0 Å². The Bertz CT molecular complexity index is 1050. The van der Waals surface area contributed by atoms with Crippen LogP contribution in [-0.4, -0.2) is 29.9 Å². The number of anilines is 1. The zero-order valence-corrected chi connectivity index (χ0v) is 17.3. The maximum atomic E-state index is 12.4. The second-order valence-electron chi connectivity index (χ2n) is 6.80. The highest BCUT2D eigenvalue weighted by Gasteiger charge is 2.18. The maximum absolute atomic E-state index is 12.4. The van der Waals surface area contributed by atoms with Gasteiger partial charge in [-0.15, -0.1) is 0 Å². The Morgan fingerprint density at radius 1 is 1.07 bits per heavy atom. The molecule has 0 bridgehead atoms. The van der Waals surface area contributed by atoms with Gasteiger partial charge in [-0.25, -0.2) is 4.98 Å². The van der Waals surface area contributed by atoms with E-state index in [4.69, 9.17) is 9.47 Å². The molecule has 30 heavy (non-hydrogen) atoms. The van der Waals surface area contributed by atoms with Crippen LogP contribution in [0.3, 0.4) is 0 Å². The molecule has 156 valence electrons. The molecule has 1 atom stereocenters. The molecule has 1 unspecified atom stereocenters. The molecule has 3 rings (SSSR count). The lowest BCUT2D eigenvalue weighted by atomic mass is 10.2. The van der Waals surface area contributed by atoms with Crippen LogP contribution in [0.15, 0.2) is 54.6 Å². The minimum absolute atomic E-state index is 0.251. The zero-order chi connectivity index (χ0) is 21.5. The quantitative estimate of drug-likeness (QED) is 0.595. The Kier molecular flexibility index (Phi) is 6.85. The number of ether oxygens (including phenoxy) is 2. The van der Waals surface area contributed by atoms with Gasteiger partial charge in [0.25, 0.3) is 0 Å². The first-order valence-electron chi connectivity index (χ1n) is 9.73. The number of benzene rings is 2. The largest absolute Gasteiger partial charge is 0.493 e. The number of carbonyl (C=O) groups excluding carboxylic acids is 2. The fraction of sp³-hybridized carbons (Fsp3) is 0.261. The van der Waals surface area contributed by atoms with Crippen LogP contribution >= 0.6 is 0 Å². The van der Waals surface area contributed by atoms with Crippen molar-refractivity contribution in [3.05, 3.63) is 60.3 Å². The SMILES string of the molecule is CCC(NC(C)=O)C(=O)Nc1ccc(OC)c(OCc2ccc3ccccc3n2)c1. The fourth-order valence-corrected chi connectivity index (χ4v) is 3.04. The van der Waals surface area contributed by atoms with Gasteiger partial charge < -0.3 is 20.1 Å². The number of nitrogens with one attached hydrogen (secondary N) is 2. The Morgan fingerprint density at radius 3 is 2.60 bits per heavy atom. The molecule has 0 saturated heterocycles. The van der Waals surface area contributed by atoms with Crippen LogP contribution in [0.2, 0.25) is 0 Å². The van der Waals surface area contributed by atoms with Gasteiger partial charge in [-0.1, -0.05) is 31.2 Å². The number of methoxy groups -OCH3 is 1. The second kappa shape index (κ2) is 9.73. The Balaban J connectivity index is 1.73. The van der Waals surface area contributed by atoms with Crippen molar-refractivity contribution < 1.29 is 19.1 Å². The zero-order valence-electron chi connectivity index (χ0n) is 17.3. The van der Waals surface area contributed by atoms with Gasteiger partial charge in [-0.2, -0.15) is 0 Å². The number of aromatic nitrogens is 1. The summed E-state index contributed by atoms with van der Waals surface area (Å²) in [5, 5.41) is 6.50. The first kappa shape index (κ1) is 21.1. The average molecular weight is 407 g/mol. The number of hydrogen-bond acceptors (Lipinski definition) is 5. The molecule has 0 fully saturated rings. The molecule has 3 aromatic rings. The standard InChI is InChI=1S/C23H25N3O4/c1-4-19(24-15(2)27)23(28)26-17-11-12-21(29-3)22(13-17)30-14-18-10-9-16-7-5-6-8-20(16)25-18/h5-13,19H,4,14H2,1-3H3,(H,24,27)(H,26,28). The summed E-state index contributed by atoms with van der Waals surface area (Å²) in [4.78, 5) is 28.3. The highest BCUT2D eigenvalue weighted by Crippen LogP contribution is 2.31. The molecule has 2 aromatic carbocycles. The Labute approximate surface area is 175 Å². The van der Waals surface area contributed by atoms with Crippen molar-refractivity contribution in [3.63, 3.8) is 0 Å². The summed E-state index contributed by atoms with van der Waals surface area (Å²) in [6, 6.07) is 16.3. The van der Waals surface area contributed by atoms with E-state index in [1.165, 1.54) is 6.92 Å². The van der Waals surface area contributed by atoms with E-state index in [9.17, 15) is 9.59 Å². The van der Waals surface area contributed by atoms with Crippen molar-refractivity contribution in [2.75, 3.05) is 12.4 Å². The van der Waals surface area contributed by atoms with E-state index in [0.717, 1.165) is 16.6 Å². The van der Waals surface area contributed by atoms with Crippen LogP contribution in [0.25, 0.3) is 10.9 Å². The summed E-state index contributed by atoms with van der Waals surface area (Å²) < 4.78 is 11.3. The summed E-state index contributed by atoms with van der Waals surface area (Å²) in [7, 11) is 1.55. The van der Waals surface area contributed by atoms with Gasteiger partial charge in [-0.3, -0.25) is 9.59 Å². The van der Waals surface area contributed by atoms with E-state index in [-0.39, 0.29) is 18.4 Å². The normalized spacial score (nSPS) is 11.6. The lowest BCUT2D eigenvalue weighted by molar-refractivity contribution is -0.125. The van der Waals surface area contributed by atoms with Crippen molar-refractivity contribution >= 4 is 28.4 Å². The topological polar surface area (TPSA) is 89.6 Å². The molecular formula is C23H25N3O4. The monoisotopic (exact) mass is 407 g/mol. The number of para-hydroxylation sites is 1. The predicted molar refractivity (Wildman–Crippen MR) is 116 cm³/mol. The molecule has 0 spiro atoms. The first-order chi connectivity index (χ1) is 14.5. The minimum atomic E-state index is -0.601. The first-order valence-corrected chi connectivity index (χ1v) is 9.73. The second-order valence-corrected chi connectivity index (χ2v) is 6.80. The molecule has 0 aliphatic carbocycles. The summed E-state index contributed by atoms with van der Waals surface area (Å²) in [5.74, 6) is 0.485. The van der Waals surface area contributed by atoms with Gasteiger partial charge in [-0.05, 0) is 30.7 Å². The molecule has 7 heteroatoms. The van der Waals surface area contributed by atoms with E-state index in [0.29, 0.717) is 23.6 Å². The number of rotatable bonds is 8. The molecule has 0 aliphatic rings. The van der Waals surface area contributed by atoms with Gasteiger partial charge in [0.1, 0.15) is 12.6 Å². The molecule has 0 saturated carbocycles. The highest BCUT2D eigenvalue weighted by atomic mass is 16.5. The van der Waals surface area contributed by atoms with E-state index < -0.39 is 6.04 Å². The summed E-state index contributed by atoms with van der Waals surface area (Å²) in [6.45, 7) is 3.47. The van der Waals surface area contributed by atoms with E-state index >= 15 is 0 Å². The van der Waals surface area contributed by atoms with E-state index in [1.807, 2.05) is 43.3 Å². The van der Waals surface area contributed by atoms with Crippen LogP contribution in [-0.2, 0) is 16.2 Å². The van der Waals surface area contributed by atoms with Gasteiger partial charge in [0.2, 0.25) is 11.8 Å². The molecule has 7 nitrogen and oxygen atoms in total. The van der Waals surface area contributed by atoms with Crippen LogP contribution < -0.4 is 20.1 Å². The molecule has 0 aliphatic heterocycles. The Morgan fingerprint density at radius 2 is 1.87 bits per heavy atom. The third-order valence-corrected chi connectivity index (χ3v) is 4.57. The summed E-state index contributed by atoms with van der Waals surface area (Å²) >= 11 is 0. The van der Waals surface area contributed by atoms with Crippen molar-refractivity contribution in [1.82, 2.24) is 10.3 Å². The predicted octanol–water partition coefficient (Wildman–Crippen LogP) is 3.68. The van der Waals surface area contributed by atoms with Crippen LogP contribution in [0.1, 0.15) is 26.0 Å². The van der Waals surface area contributed by atoms with Crippen molar-refractivity contribution in [1.29, 1.82) is 0 Å². The molecule has 1 heterocycles. The van der Waals surface area contributed by atoms with Crippen molar-refractivity contribution in [3.8, 4) is 11.5 Å². The molecular weight excluding hydrogens is 382 g/mol. The number of fused-ring (bicyclic) bond motifs is 1. The average Bonchev–Trinajstić information content (AvgIpc) is 2.75. The van der Waals surface area contributed by atoms with Crippen molar-refractivity contribution in [2.24, 2.45) is 0 Å². The van der Waals surface area contributed by atoms with Crippen LogP contribution in [0, 0.1) is 0 Å². The van der Waals surface area contributed by atoms with E-state index in [2.05, 4.69) is 15.6 Å². The molecule has 1 aromatic heterocycles. The van der Waals surface area contributed by atoms with Crippen LogP contribution in [0.4, 0.5) is 5.69 Å². The highest BCUT2D eigenvalue weighted by molar-refractivity contribution is 5.97. The maximum Gasteiger partial charge on any atom is 0.246 e. The summed E-state index contributed by atoms with van der Waals surface area (Å²) in [5.41, 5.74) is 2.23. The number of carbonyl (C=O) groups is 2. The number of amides is 2. The third kappa shape index (κ3) is 5.26. The number of pyridine rings is 1. The molecule has 2 amide bonds. The molecule has 2 N–H and O–H groups in total. The fourth-order valence-electron chi connectivity index (χ4n) is 3.04. The van der Waals surface area contributed by atoms with Gasteiger partial charge in [0.15, 0.2) is 11.5 Å². The minimum Gasteiger partial charge on any atom is -0.493 e. The third-order valence-electron chi connectivity index (χ3n) is 4.57. The van der Waals surface area contributed by atoms with Gasteiger partial charge in [0, 0.05) is 24.1 Å². The van der Waals surface area contributed by atoms with E-state index in [1.54, 1.807) is 25.3 Å². The van der Waals surface area contributed by atoms with Crippen molar-refractivity contribution in [2.45, 2.75) is 32.9 Å². The number of hydrogen-bond donors (Lipinski definition) is 2. The van der Waals surface area contributed by atoms with Crippen LogP contribution in [0.5, 0.6) is 11.5 Å². The smallest absolute Gasteiger partial charge is 0.246 e. The lowest BCUT2D eigenvalue weighted by Gasteiger charge is -2.17. The lowest BCUT2D eigenvalue weighted by Crippen LogP contribution is -2.42. The van der Waals surface area contributed by atoms with Gasteiger partial charge in [0.05, 0.1) is 18.3 Å².